The highest BCUT2D eigenvalue weighted by atomic mass is 16.5. The van der Waals surface area contributed by atoms with Gasteiger partial charge in [0.2, 0.25) is 0 Å². The molecular formula is C19H21N3O. The average Bonchev–Trinajstić information content (AvgIpc) is 3.14. The van der Waals surface area contributed by atoms with Crippen LogP contribution in [0, 0.1) is 0 Å². The smallest absolute Gasteiger partial charge is 0.0991 e. The summed E-state index contributed by atoms with van der Waals surface area (Å²) in [7, 11) is 1.73. The van der Waals surface area contributed by atoms with E-state index in [1.807, 2.05) is 17.0 Å². The third kappa shape index (κ3) is 4.19. The molecule has 0 saturated carbocycles. The molecule has 1 aliphatic rings. The standard InChI is InChI=1S/C19H21N3O/c1-23-19-8-4-16(5-9-19)10-11-20-14-17-2-6-18(7-3-17)22-13-12-21-15-22/h2-4,6-8,12-15H,5,9-11H2,1H3. The minimum Gasteiger partial charge on any atom is -0.501 e. The molecule has 0 saturated heterocycles. The zero-order chi connectivity index (χ0) is 15.9. The van der Waals surface area contributed by atoms with Crippen LogP contribution in [0.1, 0.15) is 24.8 Å². The Kier molecular flexibility index (Phi) is 5.04. The SMILES string of the molecule is COC1=CC=C(CCN=Cc2ccc(-n3ccnc3)cc2)CC1. The van der Waals surface area contributed by atoms with Gasteiger partial charge in [-0.2, -0.15) is 0 Å². The lowest BCUT2D eigenvalue weighted by molar-refractivity contribution is 0.275. The minimum atomic E-state index is 0.825. The maximum atomic E-state index is 5.24. The van der Waals surface area contributed by atoms with Crippen molar-refractivity contribution in [1.29, 1.82) is 0 Å². The van der Waals surface area contributed by atoms with Gasteiger partial charge in [-0.15, -0.1) is 0 Å². The number of rotatable bonds is 6. The molecule has 0 bridgehead atoms. The molecule has 3 rings (SSSR count). The number of imidazole rings is 1. The van der Waals surface area contributed by atoms with Crippen molar-refractivity contribution in [3.05, 3.63) is 72.0 Å². The Labute approximate surface area is 136 Å². The molecule has 1 heterocycles. The lowest BCUT2D eigenvalue weighted by Gasteiger charge is -2.12. The number of methoxy groups -OCH3 is 1. The molecule has 0 unspecified atom stereocenters. The van der Waals surface area contributed by atoms with Gasteiger partial charge >= 0.3 is 0 Å². The topological polar surface area (TPSA) is 39.4 Å². The quantitative estimate of drug-likeness (QED) is 0.759. The molecule has 0 radical (unpaired) electrons. The van der Waals surface area contributed by atoms with Crippen LogP contribution in [-0.2, 0) is 4.74 Å². The number of hydrogen-bond donors (Lipinski definition) is 0. The lowest BCUT2D eigenvalue weighted by atomic mass is 10.0. The van der Waals surface area contributed by atoms with E-state index in [0.717, 1.165) is 42.8 Å². The molecule has 1 aromatic heterocycles. The summed E-state index contributed by atoms with van der Waals surface area (Å²) in [6.07, 6.45) is 14.8. The number of ether oxygens (including phenoxy) is 1. The summed E-state index contributed by atoms with van der Waals surface area (Å²) in [5.74, 6) is 1.07. The van der Waals surface area contributed by atoms with Crippen molar-refractivity contribution < 1.29 is 4.74 Å². The second-order valence-electron chi connectivity index (χ2n) is 5.51. The van der Waals surface area contributed by atoms with E-state index in [-0.39, 0.29) is 0 Å². The van der Waals surface area contributed by atoms with E-state index in [9.17, 15) is 0 Å². The van der Waals surface area contributed by atoms with Gasteiger partial charge in [-0.05, 0) is 36.6 Å². The summed E-state index contributed by atoms with van der Waals surface area (Å²) in [5, 5.41) is 0. The highest BCUT2D eigenvalue weighted by Gasteiger charge is 2.05. The van der Waals surface area contributed by atoms with Crippen LogP contribution >= 0.6 is 0 Å². The predicted octanol–water partition coefficient (Wildman–Crippen LogP) is 3.93. The molecular weight excluding hydrogens is 286 g/mol. The van der Waals surface area contributed by atoms with Crippen LogP contribution in [0.2, 0.25) is 0 Å². The van der Waals surface area contributed by atoms with Crippen LogP contribution in [0.25, 0.3) is 5.69 Å². The highest BCUT2D eigenvalue weighted by Crippen LogP contribution is 2.20. The Hall–Kier alpha value is -2.62. The maximum Gasteiger partial charge on any atom is 0.0991 e. The summed E-state index contributed by atoms with van der Waals surface area (Å²) in [6.45, 7) is 0.825. The second kappa shape index (κ2) is 7.58. The molecule has 4 heteroatoms. The van der Waals surface area contributed by atoms with E-state index >= 15 is 0 Å². The van der Waals surface area contributed by atoms with Gasteiger partial charge < -0.3 is 9.30 Å². The monoisotopic (exact) mass is 307 g/mol. The lowest BCUT2D eigenvalue weighted by Crippen LogP contribution is -1.97. The normalized spacial score (nSPS) is 14.7. The first-order valence-electron chi connectivity index (χ1n) is 7.86. The first-order valence-corrected chi connectivity index (χ1v) is 7.86. The molecule has 0 amide bonds. The van der Waals surface area contributed by atoms with Crippen LogP contribution < -0.4 is 0 Å². The Morgan fingerprint density at radius 1 is 1.22 bits per heavy atom. The van der Waals surface area contributed by atoms with Crippen molar-refractivity contribution in [1.82, 2.24) is 9.55 Å². The van der Waals surface area contributed by atoms with Crippen LogP contribution in [0.5, 0.6) is 0 Å². The van der Waals surface area contributed by atoms with Crippen LogP contribution in [0.15, 0.2) is 71.5 Å². The Morgan fingerprint density at radius 2 is 2.09 bits per heavy atom. The zero-order valence-corrected chi connectivity index (χ0v) is 13.4. The van der Waals surface area contributed by atoms with Crippen molar-refractivity contribution in [2.45, 2.75) is 19.3 Å². The zero-order valence-electron chi connectivity index (χ0n) is 13.4. The number of aromatic nitrogens is 2. The Bertz CT molecular complexity index is 710. The fourth-order valence-electron chi connectivity index (χ4n) is 2.56. The Balaban J connectivity index is 1.51. The minimum absolute atomic E-state index is 0.825. The third-order valence-electron chi connectivity index (χ3n) is 3.96. The molecule has 1 aromatic carbocycles. The highest BCUT2D eigenvalue weighted by molar-refractivity contribution is 5.79. The molecule has 0 spiro atoms. The maximum absolute atomic E-state index is 5.24. The first kappa shape index (κ1) is 15.3. The van der Waals surface area contributed by atoms with Crippen LogP contribution in [0.4, 0.5) is 0 Å². The van der Waals surface area contributed by atoms with Crippen molar-refractivity contribution in [3.8, 4) is 5.69 Å². The van der Waals surface area contributed by atoms with E-state index in [1.54, 1.807) is 19.6 Å². The summed E-state index contributed by atoms with van der Waals surface area (Å²) >= 11 is 0. The number of hydrogen-bond acceptors (Lipinski definition) is 3. The van der Waals surface area contributed by atoms with E-state index < -0.39 is 0 Å². The molecule has 2 aromatic rings. The van der Waals surface area contributed by atoms with Gasteiger partial charge in [-0.3, -0.25) is 4.99 Å². The molecule has 0 N–H and O–H groups in total. The van der Waals surface area contributed by atoms with Gasteiger partial charge in [0.05, 0.1) is 19.2 Å². The third-order valence-corrected chi connectivity index (χ3v) is 3.96. The summed E-state index contributed by atoms with van der Waals surface area (Å²) in [4.78, 5) is 8.59. The second-order valence-corrected chi connectivity index (χ2v) is 5.51. The number of allylic oxidation sites excluding steroid dienone is 3. The average molecular weight is 307 g/mol. The van der Waals surface area contributed by atoms with Crippen LogP contribution in [-0.4, -0.2) is 29.4 Å². The summed E-state index contributed by atoms with van der Waals surface area (Å²) in [6, 6.07) is 8.30. The van der Waals surface area contributed by atoms with E-state index in [4.69, 9.17) is 4.74 Å². The van der Waals surface area contributed by atoms with Gasteiger partial charge in [0, 0.05) is 37.3 Å². The van der Waals surface area contributed by atoms with Crippen molar-refractivity contribution in [3.63, 3.8) is 0 Å². The molecule has 118 valence electrons. The molecule has 23 heavy (non-hydrogen) atoms. The van der Waals surface area contributed by atoms with E-state index in [2.05, 4.69) is 46.4 Å². The number of nitrogens with zero attached hydrogens (tertiary/aromatic N) is 3. The molecule has 0 fully saturated rings. The number of aliphatic imine (C=N–C) groups is 1. The van der Waals surface area contributed by atoms with E-state index in [0.29, 0.717) is 0 Å². The Morgan fingerprint density at radius 3 is 2.74 bits per heavy atom. The van der Waals surface area contributed by atoms with Gasteiger partial charge in [0.15, 0.2) is 0 Å². The van der Waals surface area contributed by atoms with E-state index in [1.165, 1.54) is 5.57 Å². The fourth-order valence-corrected chi connectivity index (χ4v) is 2.56. The molecule has 4 nitrogen and oxygen atoms in total. The molecule has 0 atom stereocenters. The molecule has 0 aliphatic heterocycles. The van der Waals surface area contributed by atoms with Crippen molar-refractivity contribution >= 4 is 6.21 Å². The fraction of sp³-hybridized carbons (Fsp3) is 0.263. The van der Waals surface area contributed by atoms with Gasteiger partial charge in [0.1, 0.15) is 0 Å². The first-order chi connectivity index (χ1) is 11.3. The largest absolute Gasteiger partial charge is 0.501 e. The van der Waals surface area contributed by atoms with Crippen LogP contribution in [0.3, 0.4) is 0 Å². The number of benzene rings is 1. The predicted molar refractivity (Wildman–Crippen MR) is 93.1 cm³/mol. The van der Waals surface area contributed by atoms with Gasteiger partial charge in [0.25, 0.3) is 0 Å². The van der Waals surface area contributed by atoms with Gasteiger partial charge in [-0.1, -0.05) is 23.8 Å². The summed E-state index contributed by atoms with van der Waals surface area (Å²) in [5.41, 5.74) is 3.67. The van der Waals surface area contributed by atoms with Crippen molar-refractivity contribution in [2.75, 3.05) is 13.7 Å². The molecule has 1 aliphatic carbocycles. The van der Waals surface area contributed by atoms with Crippen molar-refractivity contribution in [2.24, 2.45) is 4.99 Å². The van der Waals surface area contributed by atoms with Gasteiger partial charge in [-0.25, -0.2) is 4.98 Å². The summed E-state index contributed by atoms with van der Waals surface area (Å²) < 4.78 is 7.23.